The van der Waals surface area contributed by atoms with Crippen molar-refractivity contribution in [3.8, 4) is 17.4 Å². The molecule has 0 fully saturated rings. The number of urea groups is 1. The lowest BCUT2D eigenvalue weighted by Crippen LogP contribution is -2.20. The first-order valence-electron chi connectivity index (χ1n) is 6.56. The van der Waals surface area contributed by atoms with Crippen LogP contribution in [0.3, 0.4) is 0 Å². The molecule has 10 heteroatoms. The van der Waals surface area contributed by atoms with Crippen molar-refractivity contribution in [3.05, 3.63) is 40.0 Å². The summed E-state index contributed by atoms with van der Waals surface area (Å²) in [6.07, 6.45) is 0. The zero-order valence-corrected chi connectivity index (χ0v) is 14.5. The number of carbonyl (C=O) groups excluding carboxylic acids is 1. The molecule has 8 nitrogen and oxygen atoms in total. The highest BCUT2D eigenvalue weighted by molar-refractivity contribution is 9.10. The van der Waals surface area contributed by atoms with Gasteiger partial charge in [0, 0.05) is 5.02 Å². The van der Waals surface area contributed by atoms with Crippen LogP contribution in [-0.4, -0.2) is 23.3 Å². The van der Waals surface area contributed by atoms with Gasteiger partial charge in [0.15, 0.2) is 10.4 Å². The van der Waals surface area contributed by atoms with Crippen LogP contribution in [0.2, 0.25) is 5.02 Å². The Morgan fingerprint density at radius 3 is 2.75 bits per heavy atom. The summed E-state index contributed by atoms with van der Waals surface area (Å²) in [7, 11) is 1.48. The second-order valence-electron chi connectivity index (χ2n) is 4.44. The van der Waals surface area contributed by atoms with Gasteiger partial charge >= 0.3 is 12.0 Å². The van der Waals surface area contributed by atoms with Crippen LogP contribution >= 0.6 is 27.5 Å². The Bertz CT molecular complexity index is 879. The largest absolute Gasteiger partial charge is 0.495 e. The zero-order valence-electron chi connectivity index (χ0n) is 12.2. The molecule has 0 spiro atoms. The summed E-state index contributed by atoms with van der Waals surface area (Å²) in [6.45, 7) is 0. The third kappa shape index (κ3) is 3.69. The molecule has 3 rings (SSSR count). The van der Waals surface area contributed by atoms with E-state index in [0.717, 1.165) is 0 Å². The molecule has 24 heavy (non-hydrogen) atoms. The molecule has 2 N–H and O–H groups in total. The second kappa shape index (κ2) is 6.93. The number of nitrogens with zero attached hydrogens (tertiary/aromatic N) is 2. The Balaban J connectivity index is 1.69. The number of halogens is 2. The van der Waals surface area contributed by atoms with Gasteiger partial charge in [-0.2, -0.15) is 0 Å². The number of rotatable bonds is 4. The molecule has 0 saturated carbocycles. The summed E-state index contributed by atoms with van der Waals surface area (Å²) >= 11 is 9.08. The smallest absolute Gasteiger partial charge is 0.327 e. The van der Waals surface area contributed by atoms with Crippen LogP contribution in [-0.2, 0) is 0 Å². The van der Waals surface area contributed by atoms with Crippen LogP contribution in [0.5, 0.6) is 5.75 Å². The molecule has 0 aliphatic carbocycles. The highest BCUT2D eigenvalue weighted by Gasteiger charge is 2.15. The van der Waals surface area contributed by atoms with Crippen molar-refractivity contribution in [1.29, 1.82) is 0 Å². The Hall–Kier alpha value is -2.52. The molecule has 0 aliphatic rings. The van der Waals surface area contributed by atoms with Crippen LogP contribution in [0.1, 0.15) is 0 Å². The van der Waals surface area contributed by atoms with Crippen molar-refractivity contribution >= 4 is 45.3 Å². The predicted octanol–water partition coefficient (Wildman–Crippen LogP) is 4.40. The van der Waals surface area contributed by atoms with Crippen molar-refractivity contribution in [1.82, 2.24) is 10.2 Å². The minimum absolute atomic E-state index is 0.0870. The van der Waals surface area contributed by atoms with Gasteiger partial charge in [0.25, 0.3) is 5.89 Å². The minimum Gasteiger partial charge on any atom is -0.495 e. The van der Waals surface area contributed by atoms with Gasteiger partial charge in [-0.25, -0.2) is 4.79 Å². The fraction of sp³-hybridized carbons (Fsp3) is 0.0714. The summed E-state index contributed by atoms with van der Waals surface area (Å²) in [5, 5.41) is 13.0. The van der Waals surface area contributed by atoms with Crippen molar-refractivity contribution < 1.29 is 18.4 Å². The number of hydrogen-bond acceptors (Lipinski definition) is 6. The standard InChI is InChI=1S/C14H10BrClN4O4/c1-22-9-3-2-7(16)6-8(9)17-13(21)18-14-20-19-12(24-14)10-4-5-11(15)23-10/h2-6H,1H3,(H2,17,18,20,21). The van der Waals surface area contributed by atoms with Gasteiger partial charge in [0.2, 0.25) is 0 Å². The van der Waals surface area contributed by atoms with Crippen LogP contribution < -0.4 is 15.4 Å². The third-order valence-corrected chi connectivity index (χ3v) is 3.50. The van der Waals surface area contributed by atoms with E-state index in [1.807, 2.05) is 0 Å². The number of ether oxygens (including phenoxy) is 1. The second-order valence-corrected chi connectivity index (χ2v) is 5.66. The summed E-state index contributed by atoms with van der Waals surface area (Å²) in [6, 6.07) is 7.50. The lowest BCUT2D eigenvalue weighted by atomic mass is 10.3. The van der Waals surface area contributed by atoms with Gasteiger partial charge in [-0.15, -0.1) is 5.10 Å². The summed E-state index contributed by atoms with van der Waals surface area (Å²) in [5.41, 5.74) is 0.400. The molecular weight excluding hydrogens is 404 g/mol. The van der Waals surface area contributed by atoms with Crippen LogP contribution in [0, 0.1) is 0 Å². The maximum Gasteiger partial charge on any atom is 0.327 e. The van der Waals surface area contributed by atoms with Gasteiger partial charge in [0.05, 0.1) is 12.8 Å². The maximum atomic E-state index is 12.0. The fourth-order valence-corrected chi connectivity index (χ4v) is 2.31. The van der Waals surface area contributed by atoms with Gasteiger partial charge < -0.3 is 18.9 Å². The highest BCUT2D eigenvalue weighted by Crippen LogP contribution is 2.28. The number of amides is 2. The van der Waals surface area contributed by atoms with Crippen molar-refractivity contribution in [2.45, 2.75) is 0 Å². The normalized spacial score (nSPS) is 10.5. The highest BCUT2D eigenvalue weighted by atomic mass is 79.9. The van der Waals surface area contributed by atoms with E-state index in [0.29, 0.717) is 26.9 Å². The van der Waals surface area contributed by atoms with Crippen molar-refractivity contribution in [2.75, 3.05) is 17.7 Å². The SMILES string of the molecule is COc1ccc(Cl)cc1NC(=O)Nc1nnc(-c2ccc(Br)o2)o1. The molecule has 2 amide bonds. The quantitative estimate of drug-likeness (QED) is 0.657. The molecular formula is C14H10BrClN4O4. The molecule has 0 aliphatic heterocycles. The molecule has 0 saturated heterocycles. The van der Waals surface area contributed by atoms with Gasteiger partial charge in [-0.3, -0.25) is 5.32 Å². The average Bonchev–Trinajstić information content (AvgIpc) is 3.16. The molecule has 2 aromatic heterocycles. The first-order chi connectivity index (χ1) is 11.5. The molecule has 0 unspecified atom stereocenters. The molecule has 0 radical (unpaired) electrons. The molecule has 3 aromatic rings. The van der Waals surface area contributed by atoms with E-state index in [2.05, 4.69) is 36.8 Å². The number of anilines is 2. The van der Waals surface area contributed by atoms with E-state index >= 15 is 0 Å². The molecule has 0 bridgehead atoms. The van der Waals surface area contributed by atoms with E-state index in [4.69, 9.17) is 25.2 Å². The first kappa shape index (κ1) is 16.3. The average molecular weight is 414 g/mol. The Kier molecular flexibility index (Phi) is 4.72. The third-order valence-electron chi connectivity index (χ3n) is 2.84. The van der Waals surface area contributed by atoms with Crippen LogP contribution in [0.25, 0.3) is 11.7 Å². The number of carbonyl (C=O) groups is 1. The Labute approximate surface area is 149 Å². The van der Waals surface area contributed by atoms with Gasteiger partial charge in [0.1, 0.15) is 5.75 Å². The predicted molar refractivity (Wildman–Crippen MR) is 90.3 cm³/mol. The van der Waals surface area contributed by atoms with E-state index in [-0.39, 0.29) is 11.9 Å². The molecule has 124 valence electrons. The molecule has 2 heterocycles. The van der Waals surface area contributed by atoms with Crippen molar-refractivity contribution in [3.63, 3.8) is 0 Å². The van der Waals surface area contributed by atoms with E-state index in [1.54, 1.807) is 30.3 Å². The zero-order chi connectivity index (χ0) is 17.1. The lowest BCUT2D eigenvalue weighted by molar-refractivity contribution is 0.261. The number of furan rings is 1. The number of hydrogen-bond donors (Lipinski definition) is 2. The van der Waals surface area contributed by atoms with E-state index in [9.17, 15) is 4.79 Å². The minimum atomic E-state index is -0.591. The van der Waals surface area contributed by atoms with E-state index in [1.165, 1.54) is 7.11 Å². The van der Waals surface area contributed by atoms with Gasteiger partial charge in [-0.1, -0.05) is 16.7 Å². The fourth-order valence-electron chi connectivity index (χ4n) is 1.83. The Morgan fingerprint density at radius 1 is 1.21 bits per heavy atom. The van der Waals surface area contributed by atoms with Crippen molar-refractivity contribution in [2.24, 2.45) is 0 Å². The molecule has 1 aromatic carbocycles. The monoisotopic (exact) mass is 412 g/mol. The number of methoxy groups -OCH3 is 1. The Morgan fingerprint density at radius 2 is 2.04 bits per heavy atom. The summed E-state index contributed by atoms with van der Waals surface area (Å²) < 4.78 is 16.3. The van der Waals surface area contributed by atoms with Gasteiger partial charge in [-0.05, 0) is 46.3 Å². The topological polar surface area (TPSA) is 102 Å². The number of benzene rings is 1. The lowest BCUT2D eigenvalue weighted by Gasteiger charge is -2.10. The maximum absolute atomic E-state index is 12.0. The first-order valence-corrected chi connectivity index (χ1v) is 7.73. The summed E-state index contributed by atoms with van der Waals surface area (Å²) in [4.78, 5) is 12.0. The summed E-state index contributed by atoms with van der Waals surface area (Å²) in [5.74, 6) is 0.969. The van der Waals surface area contributed by atoms with Crippen LogP contribution in [0.15, 0.2) is 43.8 Å². The van der Waals surface area contributed by atoms with Crippen LogP contribution in [0.4, 0.5) is 16.5 Å². The number of aromatic nitrogens is 2. The number of nitrogens with one attached hydrogen (secondary N) is 2. The molecule has 0 atom stereocenters. The van der Waals surface area contributed by atoms with E-state index < -0.39 is 6.03 Å².